The Labute approximate surface area is 91.3 Å². The molecule has 2 aliphatic rings. The van der Waals surface area contributed by atoms with E-state index in [0.717, 1.165) is 44.9 Å². The normalized spacial score (nSPS) is 35.6. The van der Waals surface area contributed by atoms with Gasteiger partial charge in [0.15, 0.2) is 0 Å². The van der Waals surface area contributed by atoms with E-state index in [0.29, 0.717) is 13.0 Å². The molecular formula is C12H22FNO. The van der Waals surface area contributed by atoms with Crippen molar-refractivity contribution in [2.45, 2.75) is 69.2 Å². The van der Waals surface area contributed by atoms with Crippen LogP contribution in [-0.4, -0.2) is 29.5 Å². The topological polar surface area (TPSA) is 32.3 Å². The summed E-state index contributed by atoms with van der Waals surface area (Å²) in [5.41, 5.74) is -0.544. The van der Waals surface area contributed by atoms with Crippen molar-refractivity contribution < 1.29 is 9.50 Å². The summed E-state index contributed by atoms with van der Waals surface area (Å²) in [6.07, 6.45) is 7.04. The molecule has 0 unspecified atom stereocenters. The average molecular weight is 215 g/mol. The molecule has 2 nitrogen and oxygen atoms in total. The number of alkyl halides is 1. The summed E-state index contributed by atoms with van der Waals surface area (Å²) in [6.45, 7) is 0.581. The van der Waals surface area contributed by atoms with Crippen molar-refractivity contribution in [3.05, 3.63) is 0 Å². The Morgan fingerprint density at radius 2 is 1.80 bits per heavy atom. The van der Waals surface area contributed by atoms with Crippen LogP contribution >= 0.6 is 0 Å². The van der Waals surface area contributed by atoms with Crippen LogP contribution in [0.15, 0.2) is 0 Å². The number of nitrogens with one attached hydrogen (secondary N) is 1. The van der Waals surface area contributed by atoms with E-state index >= 15 is 0 Å². The molecule has 0 amide bonds. The second-order valence-electron chi connectivity index (χ2n) is 5.22. The van der Waals surface area contributed by atoms with Gasteiger partial charge in [0.2, 0.25) is 0 Å². The Bertz CT molecular complexity index is 204. The molecule has 0 aromatic carbocycles. The van der Waals surface area contributed by atoms with Gasteiger partial charge in [0.1, 0.15) is 6.17 Å². The molecule has 2 N–H and O–H groups in total. The van der Waals surface area contributed by atoms with Crippen molar-refractivity contribution in [1.29, 1.82) is 0 Å². The molecule has 15 heavy (non-hydrogen) atoms. The number of hydrogen-bond donors (Lipinski definition) is 2. The first-order valence-corrected chi connectivity index (χ1v) is 6.29. The maximum absolute atomic E-state index is 13.5. The molecule has 0 aromatic rings. The lowest BCUT2D eigenvalue weighted by Gasteiger charge is -2.31. The monoisotopic (exact) mass is 215 g/mol. The van der Waals surface area contributed by atoms with Gasteiger partial charge in [-0.1, -0.05) is 25.7 Å². The highest BCUT2D eigenvalue weighted by Gasteiger charge is 2.33. The Morgan fingerprint density at radius 1 is 1.13 bits per heavy atom. The quantitative estimate of drug-likeness (QED) is 0.756. The van der Waals surface area contributed by atoms with Gasteiger partial charge >= 0.3 is 0 Å². The molecule has 0 saturated heterocycles. The minimum Gasteiger partial charge on any atom is -0.389 e. The van der Waals surface area contributed by atoms with Crippen LogP contribution in [0.2, 0.25) is 0 Å². The van der Waals surface area contributed by atoms with Crippen LogP contribution in [-0.2, 0) is 0 Å². The second kappa shape index (κ2) is 4.79. The predicted molar refractivity (Wildman–Crippen MR) is 58.6 cm³/mol. The van der Waals surface area contributed by atoms with E-state index in [4.69, 9.17) is 0 Å². The van der Waals surface area contributed by atoms with Gasteiger partial charge in [-0.05, 0) is 25.7 Å². The Balaban J connectivity index is 1.76. The van der Waals surface area contributed by atoms with E-state index in [1.807, 2.05) is 0 Å². The standard InChI is InChI=1S/C12H22FNO/c13-10-5-1-2-6-11(10)14-9-12(15)7-3-4-8-12/h10-11,14-15H,1-9H2/t10-,11-/m1/s1. The first kappa shape index (κ1) is 11.3. The average Bonchev–Trinajstić information content (AvgIpc) is 2.65. The Hall–Kier alpha value is -0.150. The fourth-order valence-corrected chi connectivity index (χ4v) is 2.85. The number of halogens is 1. The summed E-state index contributed by atoms with van der Waals surface area (Å²) >= 11 is 0. The lowest BCUT2D eigenvalue weighted by molar-refractivity contribution is 0.0384. The Morgan fingerprint density at radius 3 is 2.47 bits per heavy atom. The van der Waals surface area contributed by atoms with Gasteiger partial charge in [-0.25, -0.2) is 4.39 Å². The first-order chi connectivity index (χ1) is 7.20. The van der Waals surface area contributed by atoms with Crippen LogP contribution in [0.1, 0.15) is 51.4 Å². The van der Waals surface area contributed by atoms with Crippen molar-refractivity contribution in [1.82, 2.24) is 5.32 Å². The third-order valence-corrected chi connectivity index (χ3v) is 3.91. The maximum atomic E-state index is 13.5. The highest BCUT2D eigenvalue weighted by Crippen LogP contribution is 2.29. The van der Waals surface area contributed by atoms with E-state index in [1.165, 1.54) is 0 Å². The van der Waals surface area contributed by atoms with Crippen LogP contribution in [0, 0.1) is 0 Å². The number of aliphatic hydroxyl groups is 1. The smallest absolute Gasteiger partial charge is 0.115 e. The van der Waals surface area contributed by atoms with Crippen molar-refractivity contribution >= 4 is 0 Å². The van der Waals surface area contributed by atoms with Crippen molar-refractivity contribution in [3.63, 3.8) is 0 Å². The zero-order valence-corrected chi connectivity index (χ0v) is 9.34. The van der Waals surface area contributed by atoms with Crippen LogP contribution < -0.4 is 5.32 Å². The molecule has 2 atom stereocenters. The minimum absolute atomic E-state index is 0.0108. The van der Waals surface area contributed by atoms with Crippen LogP contribution in [0.4, 0.5) is 4.39 Å². The van der Waals surface area contributed by atoms with Crippen LogP contribution in [0.25, 0.3) is 0 Å². The van der Waals surface area contributed by atoms with Crippen molar-refractivity contribution in [3.8, 4) is 0 Å². The molecule has 0 spiro atoms. The lowest BCUT2D eigenvalue weighted by Crippen LogP contribution is -2.47. The number of rotatable bonds is 3. The molecule has 2 aliphatic carbocycles. The fourth-order valence-electron chi connectivity index (χ4n) is 2.85. The SMILES string of the molecule is OC1(CN[C@@H]2CCCC[C@H]2F)CCCC1. The van der Waals surface area contributed by atoms with Gasteiger partial charge in [-0.2, -0.15) is 0 Å². The van der Waals surface area contributed by atoms with Crippen molar-refractivity contribution in [2.24, 2.45) is 0 Å². The third-order valence-electron chi connectivity index (χ3n) is 3.91. The van der Waals surface area contributed by atoms with E-state index in [2.05, 4.69) is 5.32 Å². The molecule has 88 valence electrons. The summed E-state index contributed by atoms with van der Waals surface area (Å²) < 4.78 is 13.5. The highest BCUT2D eigenvalue weighted by molar-refractivity contribution is 4.89. The highest BCUT2D eigenvalue weighted by atomic mass is 19.1. The van der Waals surface area contributed by atoms with Crippen molar-refractivity contribution in [2.75, 3.05) is 6.54 Å². The molecule has 2 saturated carbocycles. The summed E-state index contributed by atoms with van der Waals surface area (Å²) in [7, 11) is 0. The fraction of sp³-hybridized carbons (Fsp3) is 1.00. The molecule has 0 aromatic heterocycles. The lowest BCUT2D eigenvalue weighted by atomic mass is 9.92. The van der Waals surface area contributed by atoms with Gasteiger partial charge in [0.25, 0.3) is 0 Å². The Kier molecular flexibility index (Phi) is 3.62. The zero-order valence-electron chi connectivity index (χ0n) is 9.34. The van der Waals surface area contributed by atoms with E-state index in [9.17, 15) is 9.50 Å². The maximum Gasteiger partial charge on any atom is 0.115 e. The van der Waals surface area contributed by atoms with Gasteiger partial charge in [-0.3, -0.25) is 0 Å². The molecule has 0 aliphatic heterocycles. The molecule has 2 rings (SSSR count). The predicted octanol–water partition coefficient (Wildman–Crippen LogP) is 2.16. The molecule has 0 heterocycles. The van der Waals surface area contributed by atoms with Crippen LogP contribution in [0.5, 0.6) is 0 Å². The molecule has 3 heteroatoms. The summed E-state index contributed by atoms with van der Waals surface area (Å²) in [6, 6.07) is -0.0108. The zero-order chi connectivity index (χ0) is 10.7. The molecule has 0 bridgehead atoms. The largest absolute Gasteiger partial charge is 0.389 e. The van der Waals surface area contributed by atoms with Gasteiger partial charge in [0.05, 0.1) is 5.60 Å². The van der Waals surface area contributed by atoms with E-state index in [-0.39, 0.29) is 6.04 Å². The van der Waals surface area contributed by atoms with Gasteiger partial charge < -0.3 is 10.4 Å². The van der Waals surface area contributed by atoms with Crippen LogP contribution in [0.3, 0.4) is 0 Å². The molecular weight excluding hydrogens is 193 g/mol. The summed E-state index contributed by atoms with van der Waals surface area (Å²) in [5.74, 6) is 0. The summed E-state index contributed by atoms with van der Waals surface area (Å²) in [4.78, 5) is 0. The third kappa shape index (κ3) is 2.91. The van der Waals surface area contributed by atoms with E-state index < -0.39 is 11.8 Å². The second-order valence-corrected chi connectivity index (χ2v) is 5.22. The molecule has 0 radical (unpaired) electrons. The van der Waals surface area contributed by atoms with Gasteiger partial charge in [0, 0.05) is 12.6 Å². The number of hydrogen-bond acceptors (Lipinski definition) is 2. The first-order valence-electron chi connectivity index (χ1n) is 6.29. The van der Waals surface area contributed by atoms with Gasteiger partial charge in [-0.15, -0.1) is 0 Å². The van der Waals surface area contributed by atoms with E-state index in [1.54, 1.807) is 0 Å². The molecule has 2 fully saturated rings. The summed E-state index contributed by atoms with van der Waals surface area (Å²) in [5, 5.41) is 13.4. The minimum atomic E-state index is -0.705.